The Morgan fingerprint density at radius 1 is 1.04 bits per heavy atom. The van der Waals surface area contributed by atoms with Crippen molar-refractivity contribution in [3.63, 3.8) is 0 Å². The van der Waals surface area contributed by atoms with Gasteiger partial charge in [0.05, 0.1) is 5.92 Å². The number of nitrogens with one attached hydrogen (secondary N) is 1. The van der Waals surface area contributed by atoms with E-state index in [4.69, 9.17) is 5.73 Å². The molecule has 0 spiro atoms. The van der Waals surface area contributed by atoms with E-state index in [1.54, 1.807) is 30.1 Å². The van der Waals surface area contributed by atoms with E-state index in [2.05, 4.69) is 5.32 Å². The van der Waals surface area contributed by atoms with Gasteiger partial charge in [0, 0.05) is 30.0 Å². The molecular formula is C22H25N3O2. The molecule has 0 heterocycles. The van der Waals surface area contributed by atoms with E-state index in [9.17, 15) is 9.59 Å². The van der Waals surface area contributed by atoms with E-state index < -0.39 is 0 Å². The predicted molar refractivity (Wildman–Crippen MR) is 107 cm³/mol. The van der Waals surface area contributed by atoms with Gasteiger partial charge in [0.2, 0.25) is 5.91 Å². The fourth-order valence-corrected chi connectivity index (χ4v) is 4.64. The minimum Gasteiger partial charge on any atom is -0.327 e. The van der Waals surface area contributed by atoms with Gasteiger partial charge in [-0.2, -0.15) is 0 Å². The predicted octanol–water partition coefficient (Wildman–Crippen LogP) is 3.28. The molecule has 0 aliphatic heterocycles. The molecule has 140 valence electrons. The third-order valence-electron chi connectivity index (χ3n) is 6.11. The highest BCUT2D eigenvalue weighted by Crippen LogP contribution is 2.47. The first kappa shape index (κ1) is 17.7. The molecule has 2 fully saturated rings. The van der Waals surface area contributed by atoms with Crippen LogP contribution in [0.15, 0.2) is 54.6 Å². The molecule has 0 aromatic heterocycles. The topological polar surface area (TPSA) is 75.4 Å². The number of benzene rings is 2. The van der Waals surface area contributed by atoms with Crippen LogP contribution in [0, 0.1) is 17.8 Å². The monoisotopic (exact) mass is 363 g/mol. The molecule has 5 heteroatoms. The lowest BCUT2D eigenvalue weighted by atomic mass is 9.84. The number of fused-ring (bicyclic) bond motifs is 2. The first-order valence-electron chi connectivity index (χ1n) is 9.54. The number of amides is 2. The summed E-state index contributed by atoms with van der Waals surface area (Å²) in [6, 6.07) is 16.6. The van der Waals surface area contributed by atoms with Crippen LogP contribution in [0.3, 0.4) is 0 Å². The van der Waals surface area contributed by atoms with Crippen LogP contribution in [0.2, 0.25) is 0 Å². The summed E-state index contributed by atoms with van der Waals surface area (Å²) in [5.41, 5.74) is 8.28. The molecule has 2 bridgehead atoms. The first-order valence-corrected chi connectivity index (χ1v) is 9.54. The molecular weight excluding hydrogens is 338 g/mol. The molecule has 2 amide bonds. The Labute approximate surface area is 159 Å². The number of hydrogen-bond acceptors (Lipinski definition) is 3. The van der Waals surface area contributed by atoms with Gasteiger partial charge >= 0.3 is 0 Å². The quantitative estimate of drug-likeness (QED) is 0.875. The van der Waals surface area contributed by atoms with Crippen LogP contribution in [0.4, 0.5) is 11.4 Å². The van der Waals surface area contributed by atoms with Gasteiger partial charge in [0.25, 0.3) is 5.91 Å². The average molecular weight is 363 g/mol. The summed E-state index contributed by atoms with van der Waals surface area (Å²) in [6.07, 6.45) is 3.31. The molecule has 4 atom stereocenters. The second-order valence-corrected chi connectivity index (χ2v) is 7.71. The van der Waals surface area contributed by atoms with E-state index in [-0.39, 0.29) is 23.8 Å². The number of hydrogen-bond donors (Lipinski definition) is 2. The Morgan fingerprint density at radius 2 is 1.78 bits per heavy atom. The van der Waals surface area contributed by atoms with E-state index in [0.29, 0.717) is 23.1 Å². The zero-order valence-electron chi connectivity index (χ0n) is 15.5. The Balaban J connectivity index is 1.48. The highest BCUT2D eigenvalue weighted by Gasteiger charge is 2.49. The summed E-state index contributed by atoms with van der Waals surface area (Å²) in [6.45, 7) is 0. The van der Waals surface area contributed by atoms with Crippen LogP contribution in [0.1, 0.15) is 29.6 Å². The molecule has 4 rings (SSSR count). The van der Waals surface area contributed by atoms with Crippen LogP contribution < -0.4 is 16.0 Å². The lowest BCUT2D eigenvalue weighted by molar-refractivity contribution is -0.121. The van der Waals surface area contributed by atoms with Crippen molar-refractivity contribution in [3.8, 4) is 0 Å². The van der Waals surface area contributed by atoms with Crippen molar-refractivity contribution in [1.82, 2.24) is 0 Å². The van der Waals surface area contributed by atoms with E-state index in [0.717, 1.165) is 24.9 Å². The molecule has 2 aromatic rings. The third kappa shape index (κ3) is 3.35. The van der Waals surface area contributed by atoms with Crippen molar-refractivity contribution in [2.24, 2.45) is 23.5 Å². The van der Waals surface area contributed by atoms with Gasteiger partial charge < -0.3 is 16.0 Å². The van der Waals surface area contributed by atoms with Crippen LogP contribution in [-0.4, -0.2) is 24.9 Å². The van der Waals surface area contributed by atoms with Crippen LogP contribution in [0.5, 0.6) is 0 Å². The standard InChI is InChI=1S/C22H25N3O2/c1-25(18-8-3-2-4-9-18)22(27)16-6-5-7-17(13-16)24-21(26)19-14-10-11-15(12-14)20(19)23/h2-9,13-15,19-20H,10-12,23H2,1H3,(H,24,26). The second kappa shape index (κ2) is 7.16. The summed E-state index contributed by atoms with van der Waals surface area (Å²) < 4.78 is 0. The van der Waals surface area contributed by atoms with Gasteiger partial charge in [-0.05, 0) is 61.4 Å². The fourth-order valence-electron chi connectivity index (χ4n) is 4.64. The normalized spacial score (nSPS) is 26.0. The van der Waals surface area contributed by atoms with Crippen molar-refractivity contribution >= 4 is 23.2 Å². The van der Waals surface area contributed by atoms with Crippen LogP contribution >= 0.6 is 0 Å². The summed E-state index contributed by atoms with van der Waals surface area (Å²) in [4.78, 5) is 27.2. The first-order chi connectivity index (χ1) is 13.0. The molecule has 27 heavy (non-hydrogen) atoms. The van der Waals surface area contributed by atoms with Gasteiger partial charge in [-0.15, -0.1) is 0 Å². The Bertz CT molecular complexity index is 850. The largest absolute Gasteiger partial charge is 0.327 e. The van der Waals surface area contributed by atoms with E-state index >= 15 is 0 Å². The lowest BCUT2D eigenvalue weighted by Crippen LogP contribution is -2.42. The molecule has 0 saturated heterocycles. The molecule has 0 radical (unpaired) electrons. The average Bonchev–Trinajstić information content (AvgIpc) is 3.29. The van der Waals surface area contributed by atoms with Gasteiger partial charge in [0.1, 0.15) is 0 Å². The minimum absolute atomic E-state index is 0.0179. The van der Waals surface area contributed by atoms with Crippen molar-refractivity contribution in [3.05, 3.63) is 60.2 Å². The molecule has 4 unspecified atom stereocenters. The highest BCUT2D eigenvalue weighted by atomic mass is 16.2. The van der Waals surface area contributed by atoms with Crippen LogP contribution in [0.25, 0.3) is 0 Å². The zero-order valence-corrected chi connectivity index (χ0v) is 15.5. The summed E-state index contributed by atoms with van der Waals surface area (Å²) >= 11 is 0. The number of nitrogens with two attached hydrogens (primary N) is 1. The number of anilines is 2. The van der Waals surface area contributed by atoms with Crippen molar-refractivity contribution in [2.75, 3.05) is 17.3 Å². The number of rotatable bonds is 4. The third-order valence-corrected chi connectivity index (χ3v) is 6.11. The van der Waals surface area contributed by atoms with Gasteiger partial charge in [0.15, 0.2) is 0 Å². The van der Waals surface area contributed by atoms with Crippen molar-refractivity contribution in [1.29, 1.82) is 0 Å². The maximum Gasteiger partial charge on any atom is 0.258 e. The summed E-state index contributed by atoms with van der Waals surface area (Å²) in [5, 5.41) is 2.98. The zero-order chi connectivity index (χ0) is 19.0. The van der Waals surface area contributed by atoms with Gasteiger partial charge in [-0.3, -0.25) is 9.59 Å². The van der Waals surface area contributed by atoms with Crippen molar-refractivity contribution < 1.29 is 9.59 Å². The number of nitrogens with zero attached hydrogens (tertiary/aromatic N) is 1. The summed E-state index contributed by atoms with van der Waals surface area (Å²) in [5.74, 6) is 0.636. The van der Waals surface area contributed by atoms with Gasteiger partial charge in [-0.25, -0.2) is 0 Å². The Kier molecular flexibility index (Phi) is 4.70. The van der Waals surface area contributed by atoms with Gasteiger partial charge in [-0.1, -0.05) is 24.3 Å². The number of carbonyl (C=O) groups is 2. The summed E-state index contributed by atoms with van der Waals surface area (Å²) in [7, 11) is 1.75. The Hall–Kier alpha value is -2.66. The molecule has 2 aliphatic carbocycles. The smallest absolute Gasteiger partial charge is 0.258 e. The number of para-hydroxylation sites is 1. The lowest BCUT2D eigenvalue weighted by Gasteiger charge is -2.27. The second-order valence-electron chi connectivity index (χ2n) is 7.71. The molecule has 3 N–H and O–H groups in total. The van der Waals surface area contributed by atoms with Crippen molar-refractivity contribution in [2.45, 2.75) is 25.3 Å². The SMILES string of the molecule is CN(C(=O)c1cccc(NC(=O)C2C3CCC(C3)C2N)c1)c1ccccc1. The highest BCUT2D eigenvalue weighted by molar-refractivity contribution is 6.06. The molecule has 2 aromatic carbocycles. The molecule has 2 saturated carbocycles. The maximum atomic E-state index is 12.8. The fraction of sp³-hybridized carbons (Fsp3) is 0.364. The molecule has 5 nitrogen and oxygen atoms in total. The van der Waals surface area contributed by atoms with E-state index in [1.807, 2.05) is 36.4 Å². The minimum atomic E-state index is -0.117. The maximum absolute atomic E-state index is 12.8. The van der Waals surface area contributed by atoms with E-state index in [1.165, 1.54) is 0 Å². The number of carbonyl (C=O) groups excluding carboxylic acids is 2. The van der Waals surface area contributed by atoms with Crippen LogP contribution in [-0.2, 0) is 4.79 Å². The molecule has 2 aliphatic rings. The Morgan fingerprint density at radius 3 is 2.48 bits per heavy atom.